The van der Waals surface area contributed by atoms with Crippen molar-refractivity contribution in [2.75, 3.05) is 5.75 Å². The first-order valence-electron chi connectivity index (χ1n) is 6.17. The third-order valence-corrected chi connectivity index (χ3v) is 5.64. The Labute approximate surface area is 120 Å². The average Bonchev–Trinajstić information content (AvgIpc) is 2.75. The predicted octanol–water partition coefficient (Wildman–Crippen LogP) is 3.62. The first-order chi connectivity index (χ1) is 8.58. The molecule has 0 spiro atoms. The summed E-state index contributed by atoms with van der Waals surface area (Å²) >= 11 is 11.9. The van der Waals surface area contributed by atoms with E-state index in [1.54, 1.807) is 18.2 Å². The van der Waals surface area contributed by atoms with Crippen LogP contribution in [0.3, 0.4) is 0 Å². The molecule has 0 saturated heterocycles. The van der Waals surface area contributed by atoms with Gasteiger partial charge < -0.3 is 5.73 Å². The van der Waals surface area contributed by atoms with Crippen molar-refractivity contribution >= 4 is 34.0 Å². The van der Waals surface area contributed by atoms with Crippen LogP contribution in [0.2, 0.25) is 10.0 Å². The number of nitrogens with two attached hydrogens (primary N) is 1. The highest BCUT2D eigenvalue weighted by atomic mass is 35.5. The molecule has 2 rings (SSSR count). The molecule has 5 heteroatoms. The zero-order chi connectivity index (χ0) is 13.1. The molecule has 1 fully saturated rings. The minimum atomic E-state index is -1.09. The van der Waals surface area contributed by atoms with Gasteiger partial charge in [0.15, 0.2) is 0 Å². The minimum absolute atomic E-state index is 0.275. The fraction of sp³-hybridized carbons (Fsp3) is 0.538. The summed E-state index contributed by atoms with van der Waals surface area (Å²) in [6, 6.07) is 5.36. The highest BCUT2D eigenvalue weighted by Crippen LogP contribution is 2.29. The second-order valence-electron chi connectivity index (χ2n) is 4.77. The molecule has 1 aromatic carbocycles. The Morgan fingerprint density at radius 1 is 1.33 bits per heavy atom. The molecule has 0 amide bonds. The van der Waals surface area contributed by atoms with Crippen LogP contribution in [0.4, 0.5) is 0 Å². The average molecular weight is 306 g/mol. The van der Waals surface area contributed by atoms with Gasteiger partial charge in [0.1, 0.15) is 0 Å². The number of rotatable bonds is 4. The second kappa shape index (κ2) is 6.38. The molecule has 100 valence electrons. The van der Waals surface area contributed by atoms with Crippen LogP contribution in [0, 0.1) is 5.92 Å². The number of hydrogen-bond acceptors (Lipinski definition) is 2. The van der Waals surface area contributed by atoms with Crippen LogP contribution in [0.15, 0.2) is 23.1 Å². The number of hydrogen-bond donors (Lipinski definition) is 1. The van der Waals surface area contributed by atoms with Crippen molar-refractivity contribution in [1.82, 2.24) is 0 Å². The first kappa shape index (κ1) is 14.3. The standard InChI is InChI=1S/C13H17Cl2NOS/c14-10-4-5-11(15)13(8-10)18(17)7-6-9-2-1-3-12(9)16/h4-5,8-9,12H,1-3,6-7,16H2. The van der Waals surface area contributed by atoms with Crippen LogP contribution in [-0.2, 0) is 10.8 Å². The molecule has 18 heavy (non-hydrogen) atoms. The van der Waals surface area contributed by atoms with Gasteiger partial charge >= 0.3 is 0 Å². The second-order valence-corrected chi connectivity index (χ2v) is 7.15. The van der Waals surface area contributed by atoms with Crippen molar-refractivity contribution in [3.8, 4) is 0 Å². The third kappa shape index (κ3) is 3.47. The van der Waals surface area contributed by atoms with E-state index < -0.39 is 10.8 Å². The molecule has 3 unspecified atom stereocenters. The third-order valence-electron chi connectivity index (χ3n) is 3.53. The van der Waals surface area contributed by atoms with Crippen molar-refractivity contribution in [3.05, 3.63) is 28.2 Å². The zero-order valence-corrected chi connectivity index (χ0v) is 12.4. The van der Waals surface area contributed by atoms with E-state index in [0.29, 0.717) is 26.6 Å². The summed E-state index contributed by atoms with van der Waals surface area (Å²) in [6.45, 7) is 0. The maximum absolute atomic E-state index is 12.2. The topological polar surface area (TPSA) is 43.1 Å². The SMILES string of the molecule is NC1CCCC1CCS(=O)c1cc(Cl)ccc1Cl. The van der Waals surface area contributed by atoms with Crippen molar-refractivity contribution in [2.24, 2.45) is 11.7 Å². The molecular weight excluding hydrogens is 289 g/mol. The van der Waals surface area contributed by atoms with Crippen molar-refractivity contribution in [3.63, 3.8) is 0 Å². The molecule has 1 aliphatic carbocycles. The van der Waals surface area contributed by atoms with E-state index in [0.717, 1.165) is 19.3 Å². The molecule has 1 aromatic rings. The van der Waals surface area contributed by atoms with E-state index in [2.05, 4.69) is 0 Å². The Morgan fingerprint density at radius 2 is 2.11 bits per heavy atom. The van der Waals surface area contributed by atoms with Gasteiger partial charge in [0.05, 0.1) is 20.7 Å². The maximum Gasteiger partial charge on any atom is 0.0589 e. The highest BCUT2D eigenvalue weighted by Gasteiger charge is 2.24. The van der Waals surface area contributed by atoms with Crippen LogP contribution < -0.4 is 5.73 Å². The fourth-order valence-electron chi connectivity index (χ4n) is 2.44. The molecule has 2 N–H and O–H groups in total. The quantitative estimate of drug-likeness (QED) is 0.923. The van der Waals surface area contributed by atoms with Crippen LogP contribution in [0.5, 0.6) is 0 Å². The van der Waals surface area contributed by atoms with E-state index in [9.17, 15) is 4.21 Å². The lowest BCUT2D eigenvalue weighted by atomic mass is 10.0. The molecule has 0 aromatic heterocycles. The van der Waals surface area contributed by atoms with Crippen LogP contribution in [0.25, 0.3) is 0 Å². The Morgan fingerprint density at radius 3 is 2.78 bits per heavy atom. The molecule has 1 saturated carbocycles. The van der Waals surface area contributed by atoms with Gasteiger partial charge in [-0.05, 0) is 43.4 Å². The van der Waals surface area contributed by atoms with E-state index in [-0.39, 0.29) is 6.04 Å². The summed E-state index contributed by atoms with van der Waals surface area (Å²) in [4.78, 5) is 0.635. The van der Waals surface area contributed by atoms with Crippen molar-refractivity contribution in [2.45, 2.75) is 36.6 Å². The van der Waals surface area contributed by atoms with Gasteiger partial charge in [-0.25, -0.2) is 0 Å². The highest BCUT2D eigenvalue weighted by molar-refractivity contribution is 7.85. The van der Waals surface area contributed by atoms with Gasteiger partial charge in [0.2, 0.25) is 0 Å². The summed E-state index contributed by atoms with van der Waals surface area (Å²) in [7, 11) is -1.09. The van der Waals surface area contributed by atoms with Crippen molar-refractivity contribution < 1.29 is 4.21 Å². The van der Waals surface area contributed by atoms with Gasteiger partial charge in [-0.2, -0.15) is 0 Å². The molecule has 0 bridgehead atoms. The Balaban J connectivity index is 1.97. The lowest BCUT2D eigenvalue weighted by molar-refractivity contribution is 0.468. The molecule has 1 aliphatic rings. The van der Waals surface area contributed by atoms with E-state index in [1.807, 2.05) is 0 Å². The summed E-state index contributed by atoms with van der Waals surface area (Å²) < 4.78 is 12.2. The largest absolute Gasteiger partial charge is 0.327 e. The molecule has 2 nitrogen and oxygen atoms in total. The smallest absolute Gasteiger partial charge is 0.0589 e. The Kier molecular flexibility index (Phi) is 5.07. The fourth-order valence-corrected chi connectivity index (χ4v) is 4.34. The summed E-state index contributed by atoms with van der Waals surface area (Å²) in [6.07, 6.45) is 4.34. The van der Waals surface area contributed by atoms with Crippen LogP contribution >= 0.6 is 23.2 Å². The molecule has 0 heterocycles. The van der Waals surface area contributed by atoms with E-state index >= 15 is 0 Å². The van der Waals surface area contributed by atoms with Crippen molar-refractivity contribution in [1.29, 1.82) is 0 Å². The Bertz CT molecular complexity index is 453. The summed E-state index contributed by atoms with van der Waals surface area (Å²) in [5.41, 5.74) is 6.01. The van der Waals surface area contributed by atoms with Gasteiger partial charge in [0, 0.05) is 16.8 Å². The van der Waals surface area contributed by atoms with Crippen LogP contribution in [0.1, 0.15) is 25.7 Å². The zero-order valence-electron chi connectivity index (χ0n) is 10.1. The predicted molar refractivity (Wildman–Crippen MR) is 77.7 cm³/mol. The molecular formula is C13H17Cl2NOS. The van der Waals surface area contributed by atoms with Gasteiger partial charge in [-0.1, -0.05) is 29.6 Å². The van der Waals surface area contributed by atoms with Gasteiger partial charge in [0.25, 0.3) is 0 Å². The normalized spacial score (nSPS) is 25.3. The Hall–Kier alpha value is -0.0900. The number of halogens is 2. The van der Waals surface area contributed by atoms with E-state index in [1.165, 1.54) is 6.42 Å². The number of benzene rings is 1. The monoisotopic (exact) mass is 305 g/mol. The summed E-state index contributed by atoms with van der Waals surface area (Å²) in [5.74, 6) is 1.12. The molecule has 0 aliphatic heterocycles. The lowest BCUT2D eigenvalue weighted by Crippen LogP contribution is -2.25. The van der Waals surface area contributed by atoms with Gasteiger partial charge in [-0.15, -0.1) is 0 Å². The summed E-state index contributed by atoms with van der Waals surface area (Å²) in [5, 5.41) is 1.09. The maximum atomic E-state index is 12.2. The lowest BCUT2D eigenvalue weighted by Gasteiger charge is -2.14. The van der Waals surface area contributed by atoms with Crippen LogP contribution in [-0.4, -0.2) is 16.0 Å². The van der Waals surface area contributed by atoms with Gasteiger partial charge in [-0.3, -0.25) is 4.21 Å². The molecule has 3 atom stereocenters. The van der Waals surface area contributed by atoms with E-state index in [4.69, 9.17) is 28.9 Å². The molecule has 0 radical (unpaired) electrons. The first-order valence-corrected chi connectivity index (χ1v) is 8.24. The minimum Gasteiger partial charge on any atom is -0.327 e.